The second-order valence-electron chi connectivity index (χ2n) is 14.2. The van der Waals surface area contributed by atoms with Crippen LogP contribution in [0.2, 0.25) is 0 Å². The molecule has 42 heavy (non-hydrogen) atoms. The zero-order chi connectivity index (χ0) is 29.3. The molecule has 3 amide bonds. The first-order valence-corrected chi connectivity index (χ1v) is 15.9. The topological polar surface area (TPSA) is 90.5 Å². The van der Waals surface area contributed by atoms with Gasteiger partial charge < -0.3 is 15.5 Å². The van der Waals surface area contributed by atoms with Crippen LogP contribution in [0.25, 0.3) is 0 Å². The Bertz CT molecular complexity index is 1260. The maximum Gasteiger partial charge on any atom is 0.395 e. The zero-order valence-electron chi connectivity index (χ0n) is 24.0. The largest absolute Gasteiger partial charge is 0.395 e. The number of amides is 3. The summed E-state index contributed by atoms with van der Waals surface area (Å²) in [5.41, 5.74) is 1.46. The molecule has 3 N–H and O–H groups in total. The maximum atomic E-state index is 13.4. The molecule has 1 aromatic rings. The summed E-state index contributed by atoms with van der Waals surface area (Å²) in [5.74, 6) is 0.0812. The maximum absolute atomic E-state index is 13.4. The van der Waals surface area contributed by atoms with Crippen LogP contribution in [-0.4, -0.2) is 53.5 Å². The van der Waals surface area contributed by atoms with Crippen LogP contribution in [-0.2, 0) is 16.1 Å². The summed E-state index contributed by atoms with van der Waals surface area (Å²) in [6, 6.07) is 5.47. The molecule has 7 nitrogen and oxygen atoms in total. The van der Waals surface area contributed by atoms with Crippen LogP contribution in [0, 0.1) is 22.7 Å². The highest BCUT2D eigenvalue weighted by molar-refractivity contribution is 6.06. The van der Waals surface area contributed by atoms with Gasteiger partial charge in [0, 0.05) is 48.4 Å². The van der Waals surface area contributed by atoms with Gasteiger partial charge >= 0.3 is 6.18 Å². The number of carbonyl (C=O) groups excluding carboxylic acids is 3. The van der Waals surface area contributed by atoms with Gasteiger partial charge in [-0.1, -0.05) is 12.5 Å². The molecule has 10 heteroatoms. The predicted molar refractivity (Wildman–Crippen MR) is 150 cm³/mol. The average molecular weight is 587 g/mol. The van der Waals surface area contributed by atoms with Gasteiger partial charge in [-0.2, -0.15) is 13.2 Å². The van der Waals surface area contributed by atoms with Crippen LogP contribution >= 0.6 is 0 Å². The Kier molecular flexibility index (Phi) is 6.87. The Morgan fingerprint density at radius 1 is 0.976 bits per heavy atom. The molecule has 228 valence electrons. The molecule has 0 unspecified atom stereocenters. The lowest BCUT2D eigenvalue weighted by molar-refractivity contribution is -0.186. The van der Waals surface area contributed by atoms with Gasteiger partial charge in [-0.3, -0.25) is 19.7 Å². The van der Waals surface area contributed by atoms with E-state index >= 15 is 0 Å². The second kappa shape index (κ2) is 10.2. The minimum atomic E-state index is -4.13. The third kappa shape index (κ3) is 4.91. The highest BCUT2D eigenvalue weighted by Crippen LogP contribution is 2.61. The lowest BCUT2D eigenvalue weighted by atomic mass is 9.49. The summed E-state index contributed by atoms with van der Waals surface area (Å²) in [4.78, 5) is 39.2. The van der Waals surface area contributed by atoms with Crippen molar-refractivity contribution in [3.63, 3.8) is 0 Å². The molecule has 0 aromatic heterocycles. The van der Waals surface area contributed by atoms with Gasteiger partial charge in [0.05, 0.1) is 5.41 Å². The highest BCUT2D eigenvalue weighted by atomic mass is 19.4. The molecule has 1 spiro atoms. The fraction of sp³-hybridized carbons (Fsp3) is 0.719. The molecule has 2 heterocycles. The van der Waals surface area contributed by atoms with Crippen molar-refractivity contribution < 1.29 is 27.6 Å². The molecule has 4 saturated carbocycles. The van der Waals surface area contributed by atoms with Crippen LogP contribution in [0.5, 0.6) is 0 Å². The van der Waals surface area contributed by atoms with Gasteiger partial charge in [0.1, 0.15) is 6.04 Å². The Labute approximate surface area is 244 Å². The minimum Gasteiger partial charge on any atom is -0.381 e. The van der Waals surface area contributed by atoms with Gasteiger partial charge in [-0.15, -0.1) is 0 Å². The number of halogens is 3. The Hall–Kier alpha value is -2.62. The zero-order valence-corrected chi connectivity index (χ0v) is 24.0. The normalized spacial score (nSPS) is 30.8. The number of hydrogen-bond acceptors (Lipinski definition) is 5. The van der Waals surface area contributed by atoms with Crippen molar-refractivity contribution in [1.82, 2.24) is 15.5 Å². The van der Waals surface area contributed by atoms with Gasteiger partial charge in [0.15, 0.2) is 0 Å². The van der Waals surface area contributed by atoms with E-state index in [1.807, 2.05) is 18.2 Å². The molecule has 1 saturated heterocycles. The smallest absolute Gasteiger partial charge is 0.381 e. The molecule has 0 radical (unpaired) electrons. The number of piperidine rings is 1. The van der Waals surface area contributed by atoms with E-state index < -0.39 is 23.5 Å². The lowest BCUT2D eigenvalue weighted by Crippen LogP contribution is -2.52. The molecular formula is C32H41F3N4O3. The van der Waals surface area contributed by atoms with Crippen LogP contribution in [0.1, 0.15) is 99.4 Å². The van der Waals surface area contributed by atoms with Gasteiger partial charge in [-0.25, -0.2) is 0 Å². The number of rotatable bonds is 8. The molecule has 7 rings (SSSR count). The number of imide groups is 1. The van der Waals surface area contributed by atoms with Crippen molar-refractivity contribution in [2.45, 2.75) is 114 Å². The second-order valence-corrected chi connectivity index (χ2v) is 14.2. The minimum absolute atomic E-state index is 0.0342. The summed E-state index contributed by atoms with van der Waals surface area (Å²) < 4.78 is 40.3. The van der Waals surface area contributed by atoms with Crippen LogP contribution in [0.15, 0.2) is 18.2 Å². The highest BCUT2D eigenvalue weighted by Gasteiger charge is 2.63. The van der Waals surface area contributed by atoms with Crippen molar-refractivity contribution in [3.05, 3.63) is 29.3 Å². The fourth-order valence-electron chi connectivity index (χ4n) is 8.65. The van der Waals surface area contributed by atoms with E-state index in [-0.39, 0.29) is 49.7 Å². The number of nitrogens with one attached hydrogen (secondary N) is 3. The van der Waals surface area contributed by atoms with E-state index in [1.54, 1.807) is 4.90 Å². The average Bonchev–Trinajstić information content (AvgIpc) is 3.64. The number of carbonyl (C=O) groups is 3. The van der Waals surface area contributed by atoms with E-state index in [2.05, 4.69) is 16.0 Å². The summed E-state index contributed by atoms with van der Waals surface area (Å²) in [6.07, 6.45) is 6.95. The summed E-state index contributed by atoms with van der Waals surface area (Å²) in [5, 5.41) is 9.55. The first-order valence-electron chi connectivity index (χ1n) is 15.9. The Balaban J connectivity index is 1.04. The Morgan fingerprint density at radius 3 is 2.33 bits per heavy atom. The molecule has 5 fully saturated rings. The Morgan fingerprint density at radius 2 is 1.71 bits per heavy atom. The quantitative estimate of drug-likeness (QED) is 0.360. The summed E-state index contributed by atoms with van der Waals surface area (Å²) in [6.45, 7) is 0.370. The SMILES string of the molecule is O=C1CC[C@@H](N2Cc3c(N[C@H](C4CCC(NCC5(C(F)(F)F)CC5)CC4)C4CC5(CCC5)C4)cccc3C2=O)C(=O)N1. The third-order valence-corrected chi connectivity index (χ3v) is 11.7. The number of alkyl halides is 3. The fourth-order valence-corrected chi connectivity index (χ4v) is 8.65. The van der Waals surface area contributed by atoms with Crippen LogP contribution < -0.4 is 16.0 Å². The van der Waals surface area contributed by atoms with Crippen LogP contribution in [0.4, 0.5) is 18.9 Å². The van der Waals surface area contributed by atoms with E-state index in [4.69, 9.17) is 0 Å². The first kappa shape index (κ1) is 28.2. The molecule has 2 atom stereocenters. The number of anilines is 1. The molecule has 1 aromatic carbocycles. The van der Waals surface area contributed by atoms with E-state index in [0.29, 0.717) is 35.8 Å². The van der Waals surface area contributed by atoms with Crippen molar-refractivity contribution in [2.75, 3.05) is 11.9 Å². The standard InChI is InChI=1S/C32H41F3N4O3/c33-32(34,35)31(13-14-31)18-36-21-7-5-19(6-8-21)27(20-15-30(16-20)11-2-12-30)37-24-4-1-3-22-23(24)17-39(29(22)42)25-9-10-26(40)38-28(25)41/h1,3-4,19-21,25,27,36-37H,2,5-18H2,(H,38,40,41)/t19?,21?,25-,27-/m1/s1. The first-order chi connectivity index (χ1) is 20.1. The third-order valence-electron chi connectivity index (χ3n) is 11.7. The molecule has 0 bridgehead atoms. The lowest BCUT2D eigenvalue weighted by Gasteiger charge is -2.58. The predicted octanol–water partition coefficient (Wildman–Crippen LogP) is 5.30. The monoisotopic (exact) mass is 586 g/mol. The number of nitrogens with zero attached hydrogens (tertiary/aromatic N) is 1. The summed E-state index contributed by atoms with van der Waals surface area (Å²) >= 11 is 0. The molecule has 4 aliphatic carbocycles. The molecular weight excluding hydrogens is 545 g/mol. The molecule has 2 aliphatic heterocycles. The van der Waals surface area contributed by atoms with Crippen molar-refractivity contribution >= 4 is 23.4 Å². The van der Waals surface area contributed by atoms with E-state index in [0.717, 1.165) is 36.9 Å². The van der Waals surface area contributed by atoms with E-state index in [1.165, 1.54) is 32.1 Å². The summed E-state index contributed by atoms with van der Waals surface area (Å²) in [7, 11) is 0. The van der Waals surface area contributed by atoms with E-state index in [9.17, 15) is 27.6 Å². The van der Waals surface area contributed by atoms with Gasteiger partial charge in [-0.05, 0) is 100 Å². The number of fused-ring (bicyclic) bond motifs is 1. The van der Waals surface area contributed by atoms with Crippen molar-refractivity contribution in [2.24, 2.45) is 22.7 Å². The van der Waals surface area contributed by atoms with Crippen molar-refractivity contribution in [3.8, 4) is 0 Å². The van der Waals surface area contributed by atoms with Crippen molar-refractivity contribution in [1.29, 1.82) is 0 Å². The van der Waals surface area contributed by atoms with Gasteiger partial charge in [0.25, 0.3) is 5.91 Å². The number of hydrogen-bond donors (Lipinski definition) is 3. The number of benzene rings is 1. The molecule has 6 aliphatic rings. The van der Waals surface area contributed by atoms with Gasteiger partial charge in [0.2, 0.25) is 11.8 Å². The van der Waals surface area contributed by atoms with Crippen LogP contribution in [0.3, 0.4) is 0 Å².